The van der Waals surface area contributed by atoms with Gasteiger partial charge in [-0.3, -0.25) is 9.69 Å². The average molecular weight is 400 g/mol. The lowest BCUT2D eigenvalue weighted by molar-refractivity contribution is -0.127. The minimum atomic E-state index is -0.0896. The van der Waals surface area contributed by atoms with Crippen molar-refractivity contribution in [3.63, 3.8) is 0 Å². The molecule has 1 fully saturated rings. The molecule has 0 spiro atoms. The molecule has 0 aliphatic carbocycles. The van der Waals surface area contributed by atoms with Crippen LogP contribution in [-0.4, -0.2) is 61.1 Å². The molecule has 0 N–H and O–H groups in total. The smallest absolute Gasteiger partial charge is 0.246 e. The van der Waals surface area contributed by atoms with E-state index in [2.05, 4.69) is 31.7 Å². The van der Waals surface area contributed by atoms with Gasteiger partial charge < -0.3 is 14.4 Å². The average Bonchev–Trinajstić information content (AvgIpc) is 2.72. The molecule has 1 aliphatic heterocycles. The lowest BCUT2D eigenvalue weighted by atomic mass is 10.0. The Bertz CT molecular complexity index is 731. The second-order valence-corrected chi connectivity index (χ2v) is 7.50. The molecule has 0 aromatic heterocycles. The first-order chi connectivity index (χ1) is 14.0. The van der Waals surface area contributed by atoms with Crippen LogP contribution in [0.15, 0.2) is 24.3 Å². The highest BCUT2D eigenvalue weighted by Crippen LogP contribution is 2.29. The lowest BCUT2D eigenvalue weighted by Crippen LogP contribution is -2.52. The van der Waals surface area contributed by atoms with E-state index < -0.39 is 0 Å². The SMILES string of the molecule is CCCOc1ccc(/C=C/C(=O)N2CCN(C(C#N)C(C)C)CC2)cc1OCC. The highest BCUT2D eigenvalue weighted by atomic mass is 16.5. The monoisotopic (exact) mass is 399 g/mol. The Kier molecular flexibility index (Phi) is 9.01. The van der Waals surface area contributed by atoms with E-state index in [9.17, 15) is 10.1 Å². The van der Waals surface area contributed by atoms with E-state index in [0.717, 1.165) is 30.8 Å². The van der Waals surface area contributed by atoms with Gasteiger partial charge in [0.05, 0.1) is 19.3 Å². The van der Waals surface area contributed by atoms with Crippen LogP contribution in [0.4, 0.5) is 0 Å². The third-order valence-electron chi connectivity index (χ3n) is 4.93. The second-order valence-electron chi connectivity index (χ2n) is 7.50. The molecular formula is C23H33N3O3. The van der Waals surface area contributed by atoms with E-state index in [-0.39, 0.29) is 17.9 Å². The van der Waals surface area contributed by atoms with Gasteiger partial charge in [-0.1, -0.05) is 26.8 Å². The summed E-state index contributed by atoms with van der Waals surface area (Å²) in [6.45, 7) is 12.1. The van der Waals surface area contributed by atoms with Gasteiger partial charge in [-0.2, -0.15) is 5.26 Å². The van der Waals surface area contributed by atoms with Crippen molar-refractivity contribution in [1.82, 2.24) is 9.80 Å². The third-order valence-corrected chi connectivity index (χ3v) is 4.93. The summed E-state index contributed by atoms with van der Waals surface area (Å²) in [7, 11) is 0. The van der Waals surface area contributed by atoms with Crippen LogP contribution in [0.25, 0.3) is 6.08 Å². The molecule has 1 unspecified atom stereocenters. The van der Waals surface area contributed by atoms with Crippen LogP contribution >= 0.6 is 0 Å². The van der Waals surface area contributed by atoms with E-state index >= 15 is 0 Å². The third kappa shape index (κ3) is 6.50. The van der Waals surface area contributed by atoms with Crippen molar-refractivity contribution in [2.75, 3.05) is 39.4 Å². The van der Waals surface area contributed by atoms with Crippen molar-refractivity contribution < 1.29 is 14.3 Å². The first-order valence-electron chi connectivity index (χ1n) is 10.5. The van der Waals surface area contributed by atoms with Crippen molar-refractivity contribution in [2.24, 2.45) is 5.92 Å². The van der Waals surface area contributed by atoms with E-state index in [1.807, 2.05) is 36.1 Å². The Hall–Kier alpha value is -2.52. The minimum Gasteiger partial charge on any atom is -0.490 e. The maximum atomic E-state index is 12.6. The molecule has 1 aromatic carbocycles. The molecule has 1 aromatic rings. The summed E-state index contributed by atoms with van der Waals surface area (Å²) < 4.78 is 11.4. The zero-order chi connectivity index (χ0) is 21.2. The maximum absolute atomic E-state index is 12.6. The molecule has 0 radical (unpaired) electrons. The molecule has 1 aliphatic rings. The summed E-state index contributed by atoms with van der Waals surface area (Å²) in [5.41, 5.74) is 0.897. The number of amides is 1. The molecule has 29 heavy (non-hydrogen) atoms. The number of hydrogen-bond donors (Lipinski definition) is 0. The number of carbonyl (C=O) groups excluding carboxylic acids is 1. The molecule has 1 saturated heterocycles. The van der Waals surface area contributed by atoms with Crippen molar-refractivity contribution >= 4 is 12.0 Å². The molecule has 6 nitrogen and oxygen atoms in total. The topological polar surface area (TPSA) is 65.8 Å². The number of ether oxygens (including phenoxy) is 2. The highest BCUT2D eigenvalue weighted by Gasteiger charge is 2.26. The summed E-state index contributed by atoms with van der Waals surface area (Å²) in [6.07, 6.45) is 4.35. The van der Waals surface area contributed by atoms with E-state index in [1.54, 1.807) is 6.08 Å². The molecule has 1 atom stereocenters. The molecule has 2 rings (SSSR count). The van der Waals surface area contributed by atoms with Crippen LogP contribution in [0.1, 0.15) is 39.7 Å². The number of nitrogens with zero attached hydrogens (tertiary/aromatic N) is 3. The number of rotatable bonds is 9. The fourth-order valence-electron chi connectivity index (χ4n) is 3.37. The maximum Gasteiger partial charge on any atom is 0.246 e. The first-order valence-corrected chi connectivity index (χ1v) is 10.5. The Balaban J connectivity index is 1.97. The van der Waals surface area contributed by atoms with Gasteiger partial charge in [-0.15, -0.1) is 0 Å². The van der Waals surface area contributed by atoms with Gasteiger partial charge in [-0.05, 0) is 43.0 Å². The normalized spacial score (nSPS) is 16.1. The second kappa shape index (κ2) is 11.5. The fourth-order valence-corrected chi connectivity index (χ4v) is 3.37. The largest absolute Gasteiger partial charge is 0.490 e. The molecular weight excluding hydrogens is 366 g/mol. The Morgan fingerprint density at radius 3 is 2.48 bits per heavy atom. The van der Waals surface area contributed by atoms with E-state index in [1.165, 1.54) is 0 Å². The quantitative estimate of drug-likeness (QED) is 0.594. The summed E-state index contributed by atoms with van der Waals surface area (Å²) in [6, 6.07) is 8.00. The van der Waals surface area contributed by atoms with Crippen LogP contribution in [0, 0.1) is 17.2 Å². The zero-order valence-corrected chi connectivity index (χ0v) is 18.1. The van der Waals surface area contributed by atoms with Crippen LogP contribution < -0.4 is 9.47 Å². The van der Waals surface area contributed by atoms with Gasteiger partial charge in [0.15, 0.2) is 11.5 Å². The van der Waals surface area contributed by atoms with E-state index in [4.69, 9.17) is 9.47 Å². The number of nitriles is 1. The van der Waals surface area contributed by atoms with Crippen LogP contribution in [0.5, 0.6) is 11.5 Å². The summed E-state index contributed by atoms with van der Waals surface area (Å²) in [4.78, 5) is 16.6. The van der Waals surface area contributed by atoms with Crippen LogP contribution in [0.2, 0.25) is 0 Å². The molecule has 158 valence electrons. The Morgan fingerprint density at radius 1 is 1.17 bits per heavy atom. The van der Waals surface area contributed by atoms with Gasteiger partial charge in [-0.25, -0.2) is 0 Å². The van der Waals surface area contributed by atoms with Crippen molar-refractivity contribution in [3.8, 4) is 17.6 Å². The Labute approximate surface area is 174 Å². The first kappa shape index (κ1) is 22.8. The predicted octanol–water partition coefficient (Wildman–Crippen LogP) is 3.58. The lowest BCUT2D eigenvalue weighted by Gasteiger charge is -2.37. The fraction of sp³-hybridized carbons (Fsp3) is 0.565. The van der Waals surface area contributed by atoms with Gasteiger partial charge in [0.1, 0.15) is 6.04 Å². The van der Waals surface area contributed by atoms with Crippen LogP contribution in [-0.2, 0) is 4.79 Å². The Morgan fingerprint density at radius 2 is 1.90 bits per heavy atom. The molecule has 0 bridgehead atoms. The van der Waals surface area contributed by atoms with Gasteiger partial charge >= 0.3 is 0 Å². The molecule has 1 heterocycles. The van der Waals surface area contributed by atoms with Gasteiger partial charge in [0.25, 0.3) is 0 Å². The van der Waals surface area contributed by atoms with Crippen LogP contribution in [0.3, 0.4) is 0 Å². The number of hydrogen-bond acceptors (Lipinski definition) is 5. The molecule has 0 saturated carbocycles. The van der Waals surface area contributed by atoms with Crippen molar-refractivity contribution in [3.05, 3.63) is 29.8 Å². The van der Waals surface area contributed by atoms with E-state index in [0.29, 0.717) is 32.1 Å². The molecule has 1 amide bonds. The number of carbonyl (C=O) groups is 1. The standard InChI is InChI=1S/C23H33N3O3/c1-5-15-29-21-9-7-19(16-22(21)28-6-2)8-10-23(27)26-13-11-25(12-14-26)20(17-24)18(3)4/h7-10,16,18,20H,5-6,11-15H2,1-4H3/b10-8+. The highest BCUT2D eigenvalue weighted by molar-refractivity contribution is 5.92. The number of benzene rings is 1. The predicted molar refractivity (Wildman–Crippen MR) is 115 cm³/mol. The summed E-state index contributed by atoms with van der Waals surface area (Å²) >= 11 is 0. The summed E-state index contributed by atoms with van der Waals surface area (Å²) in [5.74, 6) is 1.70. The summed E-state index contributed by atoms with van der Waals surface area (Å²) in [5, 5.41) is 9.36. The van der Waals surface area contributed by atoms with Gasteiger partial charge in [0, 0.05) is 32.3 Å². The zero-order valence-electron chi connectivity index (χ0n) is 18.1. The van der Waals surface area contributed by atoms with Crippen molar-refractivity contribution in [1.29, 1.82) is 5.26 Å². The molecule has 6 heteroatoms. The van der Waals surface area contributed by atoms with Crippen molar-refractivity contribution in [2.45, 2.75) is 40.2 Å². The van der Waals surface area contributed by atoms with Gasteiger partial charge in [0.2, 0.25) is 5.91 Å². The minimum absolute atomic E-state index is 0.00743. The number of piperazine rings is 1.